The maximum Gasteiger partial charge on any atom is 0.146 e. The van der Waals surface area contributed by atoms with Gasteiger partial charge < -0.3 is 37.9 Å². The van der Waals surface area contributed by atoms with Crippen LogP contribution in [0.4, 0.5) is 0 Å². The van der Waals surface area contributed by atoms with Crippen LogP contribution >= 0.6 is 27.0 Å². The number of hydrogen-bond acceptors (Lipinski definition) is 8. The Balaban J connectivity index is -0.0000000626. The molecular formula is C20H52O8S2. The highest BCUT2D eigenvalue weighted by molar-refractivity contribution is 7.59. The van der Waals surface area contributed by atoms with E-state index in [4.69, 9.17) is 37.9 Å². The third-order valence-electron chi connectivity index (χ3n) is 2.30. The predicted molar refractivity (Wildman–Crippen MR) is 133 cm³/mol. The maximum atomic E-state index is 4.85. The van der Waals surface area contributed by atoms with Gasteiger partial charge in [0.1, 0.15) is 27.2 Å². The maximum absolute atomic E-state index is 4.85. The minimum absolute atomic E-state index is 0. The second-order valence-electron chi connectivity index (χ2n) is 4.41. The smallest absolute Gasteiger partial charge is 0.146 e. The van der Waals surface area contributed by atoms with Crippen LogP contribution in [0.2, 0.25) is 0 Å². The Bertz CT molecular complexity index is 152. The van der Waals surface area contributed by atoms with Crippen LogP contribution < -0.4 is 0 Å². The molecule has 0 heterocycles. The molecule has 8 nitrogen and oxygen atoms in total. The molecule has 0 aromatic heterocycles. The monoisotopic (exact) mass is 484 g/mol. The van der Waals surface area contributed by atoms with Crippen LogP contribution in [0.1, 0.15) is 55.4 Å². The molecule has 0 saturated heterocycles. The first-order chi connectivity index (χ1) is 13.7. The topological polar surface area (TPSA) is 73.8 Å². The first-order valence-electron chi connectivity index (χ1n) is 10.3. The van der Waals surface area contributed by atoms with Gasteiger partial charge in [0.05, 0.1) is 0 Å². The summed E-state index contributed by atoms with van der Waals surface area (Å²) in [4.78, 5) is 0. The average molecular weight is 485 g/mol. The van der Waals surface area contributed by atoms with Crippen molar-refractivity contribution in [2.45, 2.75) is 55.4 Å². The Morgan fingerprint density at radius 3 is 0.433 bits per heavy atom. The lowest BCUT2D eigenvalue weighted by Gasteiger charge is -1.97. The van der Waals surface area contributed by atoms with Gasteiger partial charge in [-0.3, -0.25) is 0 Å². The normalized spacial score (nSPS) is 8.80. The van der Waals surface area contributed by atoms with Gasteiger partial charge in [-0.15, -0.1) is 0 Å². The zero-order chi connectivity index (χ0) is 22.1. The predicted octanol–water partition coefficient (Wildman–Crippen LogP) is 4.29. The third-order valence-corrected chi connectivity index (χ3v) is 2.30. The lowest BCUT2D eigenvalue weighted by atomic mass is 10.9. The molecule has 192 valence electrons. The molecule has 0 N–H and O–H groups in total. The summed E-state index contributed by atoms with van der Waals surface area (Å²) in [5.74, 6) is 0. The molecule has 0 radical (unpaired) electrons. The van der Waals surface area contributed by atoms with Gasteiger partial charge in [-0.1, -0.05) is 0 Å². The van der Waals surface area contributed by atoms with Crippen molar-refractivity contribution < 1.29 is 37.9 Å². The van der Waals surface area contributed by atoms with Gasteiger partial charge in [0.25, 0.3) is 0 Å². The highest BCUT2D eigenvalue weighted by atomic mass is 32.1. The van der Waals surface area contributed by atoms with Gasteiger partial charge in [0.2, 0.25) is 0 Å². The lowest BCUT2D eigenvalue weighted by molar-refractivity contribution is -0.0447. The number of hydrogen-bond donors (Lipinski definition) is 0. The molecule has 0 aliphatic carbocycles. The summed E-state index contributed by atoms with van der Waals surface area (Å²) in [5, 5.41) is 0. The minimum Gasteiger partial charge on any atom is -0.356 e. The van der Waals surface area contributed by atoms with E-state index in [9.17, 15) is 0 Å². The van der Waals surface area contributed by atoms with Crippen LogP contribution in [0.5, 0.6) is 0 Å². The van der Waals surface area contributed by atoms with Gasteiger partial charge in [-0.2, -0.15) is 27.0 Å². The van der Waals surface area contributed by atoms with Gasteiger partial charge in [-0.05, 0) is 55.4 Å². The van der Waals surface area contributed by atoms with E-state index >= 15 is 0 Å². The molecule has 0 saturated carbocycles. The third kappa shape index (κ3) is 79.3. The SMILES string of the molecule is CCOCOCC.CCOCOCC.CCOCOCC.CCOCOCC.S.S. The molecule has 0 atom stereocenters. The largest absolute Gasteiger partial charge is 0.356 e. The minimum atomic E-state index is 0. The van der Waals surface area contributed by atoms with Crippen molar-refractivity contribution in [3.05, 3.63) is 0 Å². The van der Waals surface area contributed by atoms with Crippen molar-refractivity contribution in [3.63, 3.8) is 0 Å². The summed E-state index contributed by atoms with van der Waals surface area (Å²) in [6.07, 6.45) is 0. The van der Waals surface area contributed by atoms with Gasteiger partial charge >= 0.3 is 0 Å². The molecule has 0 aromatic carbocycles. The van der Waals surface area contributed by atoms with E-state index < -0.39 is 0 Å². The molecule has 10 heteroatoms. The molecule has 0 aliphatic heterocycles. The molecule has 0 unspecified atom stereocenters. The van der Waals surface area contributed by atoms with Crippen molar-refractivity contribution in [3.8, 4) is 0 Å². The average Bonchev–Trinajstić information content (AvgIpc) is 2.71. The fraction of sp³-hybridized carbons (Fsp3) is 1.00. The molecule has 0 aromatic rings. The molecule has 0 aliphatic rings. The van der Waals surface area contributed by atoms with E-state index in [1.807, 2.05) is 55.4 Å². The van der Waals surface area contributed by atoms with Gasteiger partial charge in [0, 0.05) is 52.9 Å². The van der Waals surface area contributed by atoms with E-state index in [1.54, 1.807) is 0 Å². The lowest BCUT2D eigenvalue weighted by Crippen LogP contribution is -1.97. The van der Waals surface area contributed by atoms with Crippen LogP contribution in [-0.2, 0) is 37.9 Å². The summed E-state index contributed by atoms with van der Waals surface area (Å²) in [7, 11) is 0. The number of rotatable bonds is 16. The first-order valence-corrected chi connectivity index (χ1v) is 10.3. The zero-order valence-electron chi connectivity index (χ0n) is 20.8. The summed E-state index contributed by atoms with van der Waals surface area (Å²) < 4.78 is 38.8. The van der Waals surface area contributed by atoms with Gasteiger partial charge in [-0.25, -0.2) is 0 Å². The van der Waals surface area contributed by atoms with Gasteiger partial charge in [0.15, 0.2) is 0 Å². The Morgan fingerprint density at radius 1 is 0.267 bits per heavy atom. The van der Waals surface area contributed by atoms with Crippen LogP contribution in [-0.4, -0.2) is 80.0 Å². The van der Waals surface area contributed by atoms with Crippen LogP contribution in [0.15, 0.2) is 0 Å². The van der Waals surface area contributed by atoms with E-state index in [1.165, 1.54) is 0 Å². The summed E-state index contributed by atoms with van der Waals surface area (Å²) in [6, 6.07) is 0. The Labute approximate surface area is 200 Å². The first kappa shape index (κ1) is 44.1. The van der Waals surface area contributed by atoms with E-state index in [0.29, 0.717) is 27.2 Å². The van der Waals surface area contributed by atoms with Crippen molar-refractivity contribution in [1.29, 1.82) is 0 Å². The van der Waals surface area contributed by atoms with Crippen LogP contribution in [0.3, 0.4) is 0 Å². The van der Waals surface area contributed by atoms with E-state index in [2.05, 4.69) is 0 Å². The molecule has 0 spiro atoms. The van der Waals surface area contributed by atoms with E-state index in [0.717, 1.165) is 52.9 Å². The quantitative estimate of drug-likeness (QED) is 0.237. The fourth-order valence-corrected chi connectivity index (χ4v) is 0.902. The molecule has 0 fully saturated rings. The number of ether oxygens (including phenoxy) is 8. The van der Waals surface area contributed by atoms with Crippen molar-refractivity contribution in [2.24, 2.45) is 0 Å². The summed E-state index contributed by atoms with van der Waals surface area (Å²) in [5.41, 5.74) is 0. The van der Waals surface area contributed by atoms with Crippen molar-refractivity contribution in [2.75, 3.05) is 80.0 Å². The highest BCUT2D eigenvalue weighted by Gasteiger charge is 1.78. The van der Waals surface area contributed by atoms with Crippen molar-refractivity contribution >= 4 is 27.0 Å². The Kier molecular flexibility index (Phi) is 83.8. The second kappa shape index (κ2) is 57.0. The fourth-order valence-electron chi connectivity index (χ4n) is 0.902. The zero-order valence-corrected chi connectivity index (χ0v) is 22.8. The molecular weight excluding hydrogens is 432 g/mol. The molecule has 0 rings (SSSR count). The molecule has 30 heavy (non-hydrogen) atoms. The molecule has 0 bridgehead atoms. The highest BCUT2D eigenvalue weighted by Crippen LogP contribution is 1.75. The standard InChI is InChI=1S/4C5H12O2.2H2S/c4*1-3-6-5-7-4-2;;/h4*3-5H2,1-2H3;2*1H2. The van der Waals surface area contributed by atoms with Crippen LogP contribution in [0.25, 0.3) is 0 Å². The van der Waals surface area contributed by atoms with Crippen LogP contribution in [0, 0.1) is 0 Å². The summed E-state index contributed by atoms with van der Waals surface area (Å²) >= 11 is 0. The Morgan fingerprint density at radius 2 is 0.367 bits per heavy atom. The second-order valence-corrected chi connectivity index (χ2v) is 4.41. The molecule has 0 amide bonds. The van der Waals surface area contributed by atoms with E-state index in [-0.39, 0.29) is 27.0 Å². The van der Waals surface area contributed by atoms with Crippen molar-refractivity contribution in [1.82, 2.24) is 0 Å². The Hall–Kier alpha value is 0.380. The summed E-state index contributed by atoms with van der Waals surface area (Å²) in [6.45, 7) is 23.2.